The second-order valence-electron chi connectivity index (χ2n) is 4.38. The summed E-state index contributed by atoms with van der Waals surface area (Å²) in [4.78, 5) is 10.8. The number of halogens is 1. The van der Waals surface area contributed by atoms with Gasteiger partial charge in [0.25, 0.3) is 0 Å². The van der Waals surface area contributed by atoms with Gasteiger partial charge in [0.1, 0.15) is 5.82 Å². The number of carbonyl (C=O) groups excluding carboxylic acids is 1. The van der Waals surface area contributed by atoms with Crippen molar-refractivity contribution in [2.45, 2.75) is 25.8 Å². The number of nitrogen functional groups attached to an aromatic ring is 1. The van der Waals surface area contributed by atoms with Crippen LogP contribution in [0.1, 0.15) is 20.3 Å². The van der Waals surface area contributed by atoms with Crippen LogP contribution in [0.5, 0.6) is 0 Å². The van der Waals surface area contributed by atoms with Gasteiger partial charge in [-0.1, -0.05) is 0 Å². The van der Waals surface area contributed by atoms with E-state index in [1.165, 1.54) is 18.2 Å². The minimum absolute atomic E-state index is 0.170. The number of rotatable bonds is 4. The lowest BCUT2D eigenvalue weighted by Crippen LogP contribution is -2.36. The van der Waals surface area contributed by atoms with Crippen LogP contribution in [0.3, 0.4) is 0 Å². The van der Waals surface area contributed by atoms with Gasteiger partial charge in [-0.25, -0.2) is 4.39 Å². The van der Waals surface area contributed by atoms with E-state index in [4.69, 9.17) is 11.5 Å². The minimum Gasteiger partial charge on any atom is -0.397 e. The summed E-state index contributed by atoms with van der Waals surface area (Å²) in [5.41, 5.74) is 11.1. The van der Waals surface area contributed by atoms with Gasteiger partial charge in [0.05, 0.1) is 11.4 Å². The molecule has 0 bridgehead atoms. The highest BCUT2D eigenvalue weighted by Crippen LogP contribution is 2.24. The molecular weight excluding hydrogens is 209 g/mol. The average molecular weight is 225 g/mol. The Morgan fingerprint density at radius 1 is 1.50 bits per heavy atom. The molecule has 0 heterocycles. The highest BCUT2D eigenvalue weighted by atomic mass is 19.1. The lowest BCUT2D eigenvalue weighted by Gasteiger charge is -2.26. The van der Waals surface area contributed by atoms with E-state index < -0.39 is 17.3 Å². The van der Waals surface area contributed by atoms with E-state index in [2.05, 4.69) is 5.32 Å². The van der Waals surface area contributed by atoms with Crippen LogP contribution in [0.2, 0.25) is 0 Å². The Morgan fingerprint density at radius 3 is 2.62 bits per heavy atom. The topological polar surface area (TPSA) is 81.1 Å². The van der Waals surface area contributed by atoms with Gasteiger partial charge >= 0.3 is 0 Å². The van der Waals surface area contributed by atoms with Crippen LogP contribution >= 0.6 is 0 Å². The first kappa shape index (κ1) is 12.3. The third-order valence-corrected chi connectivity index (χ3v) is 2.10. The van der Waals surface area contributed by atoms with Crippen molar-refractivity contribution in [1.29, 1.82) is 0 Å². The van der Waals surface area contributed by atoms with E-state index in [0.717, 1.165) is 0 Å². The molecule has 0 fully saturated rings. The maximum atomic E-state index is 12.8. The fraction of sp³-hybridized carbons (Fsp3) is 0.364. The second-order valence-corrected chi connectivity index (χ2v) is 4.38. The Labute approximate surface area is 93.8 Å². The summed E-state index contributed by atoms with van der Waals surface area (Å²) in [6.07, 6.45) is 0.170. The number of carbonyl (C=O) groups is 1. The van der Waals surface area contributed by atoms with Gasteiger partial charge in [0, 0.05) is 12.0 Å². The van der Waals surface area contributed by atoms with Crippen molar-refractivity contribution >= 4 is 17.3 Å². The van der Waals surface area contributed by atoms with Crippen LogP contribution in [-0.2, 0) is 4.79 Å². The molecule has 1 amide bonds. The molecule has 0 radical (unpaired) electrons. The molecule has 5 N–H and O–H groups in total. The molecule has 5 heteroatoms. The first-order valence-corrected chi connectivity index (χ1v) is 4.92. The number of anilines is 2. The number of nitrogens with one attached hydrogen (secondary N) is 1. The predicted molar refractivity (Wildman–Crippen MR) is 62.3 cm³/mol. The lowest BCUT2D eigenvalue weighted by atomic mass is 9.99. The Hall–Kier alpha value is -1.78. The van der Waals surface area contributed by atoms with E-state index in [1.54, 1.807) is 0 Å². The van der Waals surface area contributed by atoms with Crippen molar-refractivity contribution in [2.75, 3.05) is 11.1 Å². The fourth-order valence-electron chi connectivity index (χ4n) is 1.49. The largest absolute Gasteiger partial charge is 0.397 e. The average Bonchev–Trinajstić information content (AvgIpc) is 2.07. The molecule has 88 valence electrons. The lowest BCUT2D eigenvalue weighted by molar-refractivity contribution is -0.118. The predicted octanol–water partition coefficient (Wildman–Crippen LogP) is 1.47. The highest BCUT2D eigenvalue weighted by Gasteiger charge is 2.21. The summed E-state index contributed by atoms with van der Waals surface area (Å²) in [5, 5.41) is 3.05. The first-order chi connectivity index (χ1) is 7.30. The number of nitrogens with two attached hydrogens (primary N) is 2. The van der Waals surface area contributed by atoms with Crippen molar-refractivity contribution in [2.24, 2.45) is 5.73 Å². The zero-order valence-corrected chi connectivity index (χ0v) is 9.38. The normalized spacial score (nSPS) is 11.2. The van der Waals surface area contributed by atoms with E-state index >= 15 is 0 Å². The molecule has 0 aliphatic carbocycles. The van der Waals surface area contributed by atoms with Crippen LogP contribution in [0.4, 0.5) is 15.8 Å². The van der Waals surface area contributed by atoms with Crippen molar-refractivity contribution in [3.8, 4) is 0 Å². The van der Waals surface area contributed by atoms with Crippen molar-refractivity contribution in [3.63, 3.8) is 0 Å². The summed E-state index contributed by atoms with van der Waals surface area (Å²) in [7, 11) is 0. The molecule has 0 atom stereocenters. The molecule has 0 unspecified atom stereocenters. The zero-order chi connectivity index (χ0) is 12.3. The maximum absolute atomic E-state index is 12.8. The number of amides is 1. The molecule has 1 aromatic rings. The molecule has 1 rings (SSSR count). The van der Waals surface area contributed by atoms with Crippen LogP contribution < -0.4 is 16.8 Å². The molecule has 0 aliphatic rings. The molecular formula is C11H16FN3O. The Bertz CT molecular complexity index is 404. The quantitative estimate of drug-likeness (QED) is 0.679. The van der Waals surface area contributed by atoms with E-state index in [-0.39, 0.29) is 6.42 Å². The maximum Gasteiger partial charge on any atom is 0.219 e. The molecule has 4 nitrogen and oxygen atoms in total. The van der Waals surface area contributed by atoms with Gasteiger partial charge in [-0.2, -0.15) is 0 Å². The van der Waals surface area contributed by atoms with Gasteiger partial charge in [0.15, 0.2) is 0 Å². The van der Waals surface area contributed by atoms with Crippen LogP contribution in [0.25, 0.3) is 0 Å². The van der Waals surface area contributed by atoms with Crippen LogP contribution in [-0.4, -0.2) is 11.4 Å². The summed E-state index contributed by atoms with van der Waals surface area (Å²) < 4.78 is 12.8. The molecule has 1 aromatic carbocycles. The number of hydrogen-bond acceptors (Lipinski definition) is 3. The number of primary amides is 1. The Morgan fingerprint density at radius 2 is 2.12 bits per heavy atom. The fourth-order valence-corrected chi connectivity index (χ4v) is 1.49. The van der Waals surface area contributed by atoms with Gasteiger partial charge in [-0.3, -0.25) is 4.79 Å². The molecule has 0 aliphatic heterocycles. The molecule has 0 spiro atoms. The minimum atomic E-state index is -0.516. The van der Waals surface area contributed by atoms with Crippen molar-refractivity contribution in [1.82, 2.24) is 0 Å². The monoisotopic (exact) mass is 225 g/mol. The van der Waals surface area contributed by atoms with Crippen molar-refractivity contribution in [3.05, 3.63) is 24.0 Å². The summed E-state index contributed by atoms with van der Waals surface area (Å²) in [6, 6.07) is 4.06. The molecule has 0 saturated heterocycles. The van der Waals surface area contributed by atoms with E-state index in [0.29, 0.717) is 11.4 Å². The summed E-state index contributed by atoms with van der Waals surface area (Å²) in [6.45, 7) is 3.64. The van der Waals surface area contributed by atoms with Crippen molar-refractivity contribution < 1.29 is 9.18 Å². The number of hydrogen-bond donors (Lipinski definition) is 3. The second kappa shape index (κ2) is 4.38. The SMILES string of the molecule is CC(C)(CC(N)=O)Nc1ccc(F)cc1N. The van der Waals surface area contributed by atoms with Gasteiger partial charge in [-0.15, -0.1) is 0 Å². The third-order valence-electron chi connectivity index (χ3n) is 2.10. The van der Waals surface area contributed by atoms with Gasteiger partial charge in [-0.05, 0) is 32.0 Å². The highest BCUT2D eigenvalue weighted by molar-refractivity contribution is 5.76. The van der Waals surface area contributed by atoms with Crippen LogP contribution in [0.15, 0.2) is 18.2 Å². The molecule has 0 aromatic heterocycles. The first-order valence-electron chi connectivity index (χ1n) is 4.92. The van der Waals surface area contributed by atoms with Gasteiger partial charge < -0.3 is 16.8 Å². The number of benzene rings is 1. The van der Waals surface area contributed by atoms with Crippen LogP contribution in [0, 0.1) is 5.82 Å². The molecule has 0 saturated carbocycles. The van der Waals surface area contributed by atoms with E-state index in [9.17, 15) is 9.18 Å². The zero-order valence-electron chi connectivity index (χ0n) is 9.38. The third kappa shape index (κ3) is 3.42. The summed E-state index contributed by atoms with van der Waals surface area (Å²) >= 11 is 0. The summed E-state index contributed by atoms with van der Waals surface area (Å²) in [5.74, 6) is -0.797. The Kier molecular flexibility index (Phi) is 3.37. The smallest absolute Gasteiger partial charge is 0.219 e. The standard InChI is InChI=1S/C11H16FN3O/c1-11(2,6-10(14)16)15-9-4-3-7(12)5-8(9)13/h3-5,15H,6,13H2,1-2H3,(H2,14,16). The Balaban J connectivity index is 2.83. The van der Waals surface area contributed by atoms with Gasteiger partial charge in [0.2, 0.25) is 5.91 Å². The van der Waals surface area contributed by atoms with E-state index in [1.807, 2.05) is 13.8 Å². The molecule has 16 heavy (non-hydrogen) atoms.